The molecule has 0 aliphatic rings. The molecule has 1 heterocycles. The van der Waals surface area contributed by atoms with E-state index in [1.54, 1.807) is 6.20 Å². The molecule has 4 nitrogen and oxygen atoms in total. The van der Waals surface area contributed by atoms with E-state index in [0.717, 1.165) is 15.7 Å². The van der Waals surface area contributed by atoms with Gasteiger partial charge in [0.05, 0.1) is 12.4 Å². The Morgan fingerprint density at radius 3 is 2.75 bits per heavy atom. The van der Waals surface area contributed by atoms with Gasteiger partial charge in [-0.1, -0.05) is 15.9 Å². The minimum Gasteiger partial charge on any atom is -0.382 e. The molecule has 2 rings (SSSR count). The average Bonchev–Trinajstić information content (AvgIpc) is 2.15. The molecule has 0 fully saturated rings. The van der Waals surface area contributed by atoms with E-state index < -0.39 is 0 Å². The lowest BCUT2D eigenvalue weighted by Gasteiger charge is -2.07. The van der Waals surface area contributed by atoms with E-state index in [-0.39, 0.29) is 0 Å². The highest BCUT2D eigenvalue weighted by Crippen LogP contribution is 2.21. The zero-order chi connectivity index (χ0) is 11.5. The molecule has 2 aromatic rings. The van der Waals surface area contributed by atoms with E-state index in [1.807, 2.05) is 25.1 Å². The van der Waals surface area contributed by atoms with E-state index >= 15 is 0 Å². The van der Waals surface area contributed by atoms with Crippen molar-refractivity contribution in [1.82, 2.24) is 9.97 Å². The second kappa shape index (κ2) is 4.49. The molecule has 1 aromatic heterocycles. The maximum absolute atomic E-state index is 5.55. The quantitative estimate of drug-likeness (QED) is 0.887. The van der Waals surface area contributed by atoms with Crippen LogP contribution >= 0.6 is 15.9 Å². The smallest absolute Gasteiger partial charge is 0.151 e. The van der Waals surface area contributed by atoms with Crippen LogP contribution in [0.2, 0.25) is 0 Å². The van der Waals surface area contributed by atoms with Crippen LogP contribution in [0.4, 0.5) is 17.3 Å². The number of aromatic nitrogens is 2. The van der Waals surface area contributed by atoms with Gasteiger partial charge in [-0.15, -0.1) is 0 Å². The largest absolute Gasteiger partial charge is 0.382 e. The topological polar surface area (TPSA) is 63.8 Å². The van der Waals surface area contributed by atoms with Crippen molar-refractivity contribution >= 4 is 33.3 Å². The number of halogens is 1. The Morgan fingerprint density at radius 1 is 1.25 bits per heavy atom. The Labute approximate surface area is 102 Å². The van der Waals surface area contributed by atoms with Crippen LogP contribution in [0.1, 0.15) is 5.56 Å². The van der Waals surface area contributed by atoms with Crippen molar-refractivity contribution in [3.63, 3.8) is 0 Å². The molecule has 0 bridgehead atoms. The molecule has 3 N–H and O–H groups in total. The molecule has 16 heavy (non-hydrogen) atoms. The van der Waals surface area contributed by atoms with Crippen LogP contribution in [-0.4, -0.2) is 9.97 Å². The SMILES string of the molecule is Cc1cc(Br)cc(Nc2cncc(N)n2)c1. The van der Waals surface area contributed by atoms with Gasteiger partial charge < -0.3 is 11.1 Å². The van der Waals surface area contributed by atoms with Gasteiger partial charge in [0, 0.05) is 10.2 Å². The van der Waals surface area contributed by atoms with Crippen LogP contribution in [0.15, 0.2) is 35.1 Å². The van der Waals surface area contributed by atoms with Gasteiger partial charge in [0.15, 0.2) is 5.82 Å². The summed E-state index contributed by atoms with van der Waals surface area (Å²) in [7, 11) is 0. The summed E-state index contributed by atoms with van der Waals surface area (Å²) in [6.45, 7) is 2.03. The van der Waals surface area contributed by atoms with Gasteiger partial charge in [-0.05, 0) is 30.7 Å². The second-order valence-electron chi connectivity index (χ2n) is 3.47. The number of anilines is 3. The fraction of sp³-hybridized carbons (Fsp3) is 0.0909. The van der Waals surface area contributed by atoms with Crippen molar-refractivity contribution in [2.24, 2.45) is 0 Å². The molecule has 0 saturated carbocycles. The highest BCUT2D eigenvalue weighted by Gasteiger charge is 1.99. The summed E-state index contributed by atoms with van der Waals surface area (Å²) in [6.07, 6.45) is 3.14. The van der Waals surface area contributed by atoms with Crippen molar-refractivity contribution in [3.8, 4) is 0 Å². The van der Waals surface area contributed by atoms with Crippen molar-refractivity contribution in [1.29, 1.82) is 0 Å². The molecule has 0 aliphatic heterocycles. The summed E-state index contributed by atoms with van der Waals surface area (Å²) in [5.41, 5.74) is 7.66. The first-order valence-electron chi connectivity index (χ1n) is 4.75. The highest BCUT2D eigenvalue weighted by atomic mass is 79.9. The van der Waals surface area contributed by atoms with Gasteiger partial charge in [0.2, 0.25) is 0 Å². The average molecular weight is 279 g/mol. The van der Waals surface area contributed by atoms with E-state index in [0.29, 0.717) is 11.6 Å². The molecule has 82 valence electrons. The van der Waals surface area contributed by atoms with Crippen molar-refractivity contribution in [2.75, 3.05) is 11.1 Å². The summed E-state index contributed by atoms with van der Waals surface area (Å²) < 4.78 is 1.02. The van der Waals surface area contributed by atoms with Crippen molar-refractivity contribution < 1.29 is 0 Å². The molecular formula is C11H11BrN4. The van der Waals surface area contributed by atoms with Crippen LogP contribution < -0.4 is 11.1 Å². The van der Waals surface area contributed by atoms with Gasteiger partial charge in [0.1, 0.15) is 5.82 Å². The lowest BCUT2D eigenvalue weighted by atomic mass is 10.2. The van der Waals surface area contributed by atoms with Crippen molar-refractivity contribution in [3.05, 3.63) is 40.6 Å². The Bertz CT molecular complexity index is 493. The zero-order valence-electron chi connectivity index (χ0n) is 8.74. The fourth-order valence-electron chi connectivity index (χ4n) is 1.40. The molecule has 0 saturated heterocycles. The Morgan fingerprint density at radius 2 is 2.06 bits per heavy atom. The predicted octanol–water partition coefficient (Wildman–Crippen LogP) is 2.87. The first-order valence-corrected chi connectivity index (χ1v) is 5.54. The molecule has 0 radical (unpaired) electrons. The first kappa shape index (κ1) is 10.9. The highest BCUT2D eigenvalue weighted by molar-refractivity contribution is 9.10. The third-order valence-electron chi connectivity index (χ3n) is 1.97. The maximum Gasteiger partial charge on any atom is 0.151 e. The van der Waals surface area contributed by atoms with Crippen molar-refractivity contribution in [2.45, 2.75) is 6.92 Å². The van der Waals surface area contributed by atoms with Crippen LogP contribution in [0, 0.1) is 6.92 Å². The minimum atomic E-state index is 0.400. The third-order valence-corrected chi connectivity index (χ3v) is 2.43. The fourth-order valence-corrected chi connectivity index (χ4v) is 2.01. The number of hydrogen-bond donors (Lipinski definition) is 2. The van der Waals surface area contributed by atoms with E-state index in [2.05, 4.69) is 31.2 Å². The van der Waals surface area contributed by atoms with E-state index in [1.165, 1.54) is 6.20 Å². The number of rotatable bonds is 2. The lowest BCUT2D eigenvalue weighted by Crippen LogP contribution is -1.98. The summed E-state index contributed by atoms with van der Waals surface area (Å²) in [6, 6.07) is 6.03. The van der Waals surface area contributed by atoms with Gasteiger partial charge >= 0.3 is 0 Å². The maximum atomic E-state index is 5.55. The number of aryl methyl sites for hydroxylation is 1. The number of nitrogens with one attached hydrogen (secondary N) is 1. The Hall–Kier alpha value is -1.62. The predicted molar refractivity (Wildman–Crippen MR) is 68.6 cm³/mol. The van der Waals surface area contributed by atoms with Crippen LogP contribution in [0.3, 0.4) is 0 Å². The number of nitrogen functional groups attached to an aromatic ring is 1. The minimum absolute atomic E-state index is 0.400. The zero-order valence-corrected chi connectivity index (χ0v) is 10.3. The molecule has 0 aliphatic carbocycles. The number of benzene rings is 1. The summed E-state index contributed by atoms with van der Waals surface area (Å²) in [5, 5.41) is 3.14. The molecule has 0 spiro atoms. The molecule has 0 atom stereocenters. The second-order valence-corrected chi connectivity index (χ2v) is 4.39. The molecular weight excluding hydrogens is 268 g/mol. The first-order chi connectivity index (χ1) is 7.63. The number of hydrogen-bond acceptors (Lipinski definition) is 4. The standard InChI is InChI=1S/C11H11BrN4/c1-7-2-8(12)4-9(3-7)15-11-6-14-5-10(13)16-11/h2-6H,1H3,(H3,13,15,16). The Balaban J connectivity index is 2.27. The van der Waals surface area contributed by atoms with Gasteiger partial charge in [-0.3, -0.25) is 4.98 Å². The molecule has 0 unspecified atom stereocenters. The summed E-state index contributed by atoms with van der Waals surface area (Å²) in [5.74, 6) is 1.04. The molecule has 0 amide bonds. The molecule has 5 heteroatoms. The normalized spacial score (nSPS) is 10.1. The molecule has 1 aromatic carbocycles. The van der Waals surface area contributed by atoms with Gasteiger partial charge in [-0.2, -0.15) is 0 Å². The van der Waals surface area contributed by atoms with Crippen LogP contribution in [-0.2, 0) is 0 Å². The lowest BCUT2D eigenvalue weighted by molar-refractivity contribution is 1.21. The van der Waals surface area contributed by atoms with Gasteiger partial charge in [-0.25, -0.2) is 4.98 Å². The number of nitrogens with zero attached hydrogens (tertiary/aromatic N) is 2. The Kier molecular flexibility index (Phi) is 3.05. The monoisotopic (exact) mass is 278 g/mol. The number of nitrogens with two attached hydrogens (primary N) is 1. The van der Waals surface area contributed by atoms with Crippen LogP contribution in [0.25, 0.3) is 0 Å². The summed E-state index contributed by atoms with van der Waals surface area (Å²) in [4.78, 5) is 8.08. The van der Waals surface area contributed by atoms with E-state index in [9.17, 15) is 0 Å². The van der Waals surface area contributed by atoms with Gasteiger partial charge in [0.25, 0.3) is 0 Å². The van der Waals surface area contributed by atoms with Crippen LogP contribution in [0.5, 0.6) is 0 Å². The van der Waals surface area contributed by atoms with E-state index in [4.69, 9.17) is 5.73 Å². The summed E-state index contributed by atoms with van der Waals surface area (Å²) >= 11 is 3.44. The third kappa shape index (κ3) is 2.70.